The molecule has 6 rings (SSSR count). The number of amides is 1. The van der Waals surface area contributed by atoms with Gasteiger partial charge in [-0.3, -0.25) is 9.78 Å². The molecule has 0 radical (unpaired) electrons. The van der Waals surface area contributed by atoms with Crippen LogP contribution in [0.25, 0.3) is 12.2 Å². The third-order valence-electron chi connectivity index (χ3n) is 6.69. The van der Waals surface area contributed by atoms with Crippen LogP contribution in [0.15, 0.2) is 47.6 Å². The van der Waals surface area contributed by atoms with Crippen molar-refractivity contribution in [3.05, 3.63) is 64.3 Å². The first-order valence-corrected chi connectivity index (χ1v) is 10.5. The van der Waals surface area contributed by atoms with Gasteiger partial charge in [0.15, 0.2) is 0 Å². The van der Waals surface area contributed by atoms with Crippen LogP contribution in [0.1, 0.15) is 37.9 Å². The Bertz CT molecular complexity index is 1190. The number of rotatable bonds is 0. The molecule has 0 atom stereocenters. The Kier molecular flexibility index (Phi) is 3.44. The van der Waals surface area contributed by atoms with Crippen LogP contribution in [-0.2, 0) is 25.5 Å². The lowest BCUT2D eigenvalue weighted by Crippen LogP contribution is -2.47. The Morgan fingerprint density at radius 3 is 2.40 bits per heavy atom. The molecule has 1 aliphatic carbocycles. The second-order valence-electron chi connectivity index (χ2n) is 9.01. The largest absolute Gasteiger partial charge is 0.439 e. The molecule has 152 valence electrons. The molecule has 1 saturated heterocycles. The van der Waals surface area contributed by atoms with E-state index in [1.54, 1.807) is 0 Å². The number of aromatic nitrogens is 1. The average Bonchev–Trinajstić information content (AvgIpc) is 3.34. The molecule has 2 aromatic rings. The summed E-state index contributed by atoms with van der Waals surface area (Å²) in [7, 11) is 0. The highest BCUT2D eigenvalue weighted by Crippen LogP contribution is 2.51. The first-order valence-electron chi connectivity index (χ1n) is 10.5. The summed E-state index contributed by atoms with van der Waals surface area (Å²) in [6, 6.07) is 12.4. The number of ether oxygens (including phenoxy) is 2. The number of carbonyl (C=O) groups excluding carboxylic acids is 1. The number of amidine groups is 1. The Hall–Kier alpha value is -2.99. The van der Waals surface area contributed by atoms with Gasteiger partial charge in [-0.2, -0.15) is 4.99 Å². The van der Waals surface area contributed by atoms with Gasteiger partial charge < -0.3 is 14.4 Å². The number of benzene rings is 1. The molecule has 3 aliphatic heterocycles. The zero-order chi connectivity index (χ0) is 20.6. The Labute approximate surface area is 174 Å². The van der Waals surface area contributed by atoms with Crippen LogP contribution < -0.4 is 10.4 Å². The second kappa shape index (κ2) is 5.79. The minimum atomic E-state index is -1.10. The van der Waals surface area contributed by atoms with Gasteiger partial charge in [-0.1, -0.05) is 30.3 Å². The molecule has 0 N–H and O–H groups in total. The van der Waals surface area contributed by atoms with Gasteiger partial charge in [0.25, 0.3) is 6.02 Å². The van der Waals surface area contributed by atoms with Crippen molar-refractivity contribution in [2.45, 2.75) is 43.5 Å². The second-order valence-corrected chi connectivity index (χ2v) is 9.01. The van der Waals surface area contributed by atoms with Crippen LogP contribution in [0.5, 0.6) is 0 Å². The van der Waals surface area contributed by atoms with E-state index >= 15 is 0 Å². The highest BCUT2D eigenvalue weighted by Gasteiger charge is 2.53. The zero-order valence-electron chi connectivity index (χ0n) is 17.1. The van der Waals surface area contributed by atoms with Crippen LogP contribution in [0, 0.1) is 0 Å². The molecule has 1 aromatic heterocycles. The fourth-order valence-electron chi connectivity index (χ4n) is 5.26. The summed E-state index contributed by atoms with van der Waals surface area (Å²) in [6.45, 7) is 5.57. The summed E-state index contributed by atoms with van der Waals surface area (Å²) in [5.41, 5.74) is 0.363. The van der Waals surface area contributed by atoms with Crippen molar-refractivity contribution in [1.82, 2.24) is 9.88 Å². The quantitative estimate of drug-likeness (QED) is 0.671. The van der Waals surface area contributed by atoms with Crippen molar-refractivity contribution >= 4 is 24.1 Å². The standard InChI is InChI=1S/C24H23N3O3/c1-22(2)19-18(8-5-11-25-19)23(30-22)9-12-27(13-10-23)21-26-20(28)24(29-21)14-16-6-3-4-7-17(16)15-24/h3-8,11,14-15H,9-10,12-13H2,1-2H3. The highest BCUT2D eigenvalue weighted by molar-refractivity contribution is 6.10. The minimum Gasteiger partial charge on any atom is -0.439 e. The normalized spacial score (nSPS) is 24.1. The Morgan fingerprint density at radius 1 is 1.00 bits per heavy atom. The molecular formula is C24H23N3O3. The number of pyridine rings is 1. The Balaban J connectivity index is 1.24. The molecule has 6 nitrogen and oxygen atoms in total. The van der Waals surface area contributed by atoms with Crippen molar-refractivity contribution < 1.29 is 14.3 Å². The van der Waals surface area contributed by atoms with E-state index in [1.165, 1.54) is 5.56 Å². The van der Waals surface area contributed by atoms with E-state index in [0.29, 0.717) is 19.1 Å². The summed E-state index contributed by atoms with van der Waals surface area (Å²) in [5, 5.41) is 2.01. The van der Waals surface area contributed by atoms with E-state index < -0.39 is 11.2 Å². The highest BCUT2D eigenvalue weighted by atomic mass is 16.5. The molecule has 1 amide bonds. The zero-order valence-corrected chi connectivity index (χ0v) is 17.1. The number of fused-ring (bicyclic) bond motifs is 3. The van der Waals surface area contributed by atoms with Gasteiger partial charge in [-0.05, 0) is 55.3 Å². The molecule has 0 unspecified atom stereocenters. The van der Waals surface area contributed by atoms with E-state index in [0.717, 1.165) is 29.0 Å². The molecule has 6 heteroatoms. The van der Waals surface area contributed by atoms with Crippen molar-refractivity contribution in [3.63, 3.8) is 0 Å². The maximum absolute atomic E-state index is 12.8. The lowest BCUT2D eigenvalue weighted by Gasteiger charge is -2.40. The lowest BCUT2D eigenvalue weighted by molar-refractivity contribution is -0.147. The fraction of sp³-hybridized carbons (Fsp3) is 0.375. The van der Waals surface area contributed by atoms with Crippen molar-refractivity contribution in [3.8, 4) is 0 Å². The topological polar surface area (TPSA) is 64.0 Å². The number of nitrogens with zero attached hydrogens (tertiary/aromatic N) is 3. The maximum Gasteiger partial charge on any atom is 0.302 e. The molecule has 2 spiro atoms. The van der Waals surface area contributed by atoms with E-state index in [9.17, 15) is 4.79 Å². The number of carbonyl (C=O) groups is 1. The predicted octanol–water partition coefficient (Wildman–Crippen LogP) is 1.56. The summed E-state index contributed by atoms with van der Waals surface area (Å²) < 4.78 is 12.7. The monoisotopic (exact) mass is 401 g/mol. The summed E-state index contributed by atoms with van der Waals surface area (Å²) in [5.74, 6) is -0.262. The molecule has 4 heterocycles. The van der Waals surface area contributed by atoms with E-state index in [2.05, 4.69) is 34.8 Å². The average molecular weight is 401 g/mol. The molecular weight excluding hydrogens is 378 g/mol. The third kappa shape index (κ3) is 2.37. The summed E-state index contributed by atoms with van der Waals surface area (Å²) >= 11 is 0. The Morgan fingerprint density at radius 2 is 1.70 bits per heavy atom. The predicted molar refractivity (Wildman–Crippen MR) is 112 cm³/mol. The van der Waals surface area contributed by atoms with Crippen LogP contribution in [0.4, 0.5) is 0 Å². The van der Waals surface area contributed by atoms with E-state index in [-0.39, 0.29) is 11.5 Å². The van der Waals surface area contributed by atoms with Gasteiger partial charge >= 0.3 is 5.91 Å². The fourth-order valence-corrected chi connectivity index (χ4v) is 5.26. The molecule has 0 bridgehead atoms. The molecule has 1 aromatic carbocycles. The van der Waals surface area contributed by atoms with Gasteiger partial charge in [-0.15, -0.1) is 0 Å². The first-order chi connectivity index (χ1) is 14.4. The van der Waals surface area contributed by atoms with Gasteiger partial charge in [-0.25, -0.2) is 0 Å². The smallest absolute Gasteiger partial charge is 0.302 e. The van der Waals surface area contributed by atoms with Crippen LogP contribution in [0.2, 0.25) is 0 Å². The van der Waals surface area contributed by atoms with Gasteiger partial charge in [0, 0.05) is 24.8 Å². The first kappa shape index (κ1) is 17.8. The van der Waals surface area contributed by atoms with Gasteiger partial charge in [0.1, 0.15) is 5.60 Å². The SMILES string of the molecule is CC1(C)OC2(CCN(C3=NC(=O)C4(C=c5ccccc5=C4)O3)CC2)c2cccnc21. The molecule has 0 saturated carbocycles. The maximum atomic E-state index is 12.8. The molecule has 4 aliphatic rings. The number of hydrogen-bond donors (Lipinski definition) is 0. The van der Waals surface area contributed by atoms with E-state index in [4.69, 9.17) is 9.47 Å². The lowest BCUT2D eigenvalue weighted by atomic mass is 9.84. The van der Waals surface area contributed by atoms with Crippen molar-refractivity contribution in [1.29, 1.82) is 0 Å². The minimum absolute atomic E-state index is 0.262. The van der Waals surface area contributed by atoms with Crippen LogP contribution in [-0.4, -0.2) is 40.5 Å². The van der Waals surface area contributed by atoms with Gasteiger partial charge in [0.05, 0.1) is 11.3 Å². The van der Waals surface area contributed by atoms with Crippen molar-refractivity contribution in [2.75, 3.05) is 13.1 Å². The van der Waals surface area contributed by atoms with Crippen molar-refractivity contribution in [2.24, 2.45) is 4.99 Å². The third-order valence-corrected chi connectivity index (χ3v) is 6.69. The number of likely N-dealkylation sites (tertiary alicyclic amines) is 1. The summed E-state index contributed by atoms with van der Waals surface area (Å²) in [4.78, 5) is 23.7. The summed E-state index contributed by atoms with van der Waals surface area (Å²) in [6.07, 6.45) is 7.17. The molecule has 1 fully saturated rings. The molecule has 30 heavy (non-hydrogen) atoms. The van der Waals surface area contributed by atoms with Gasteiger partial charge in [0.2, 0.25) is 5.60 Å². The van der Waals surface area contributed by atoms with E-state index in [1.807, 2.05) is 48.7 Å². The van der Waals surface area contributed by atoms with Crippen LogP contribution >= 0.6 is 0 Å². The number of hydrogen-bond acceptors (Lipinski definition) is 5. The number of piperidine rings is 1. The number of aliphatic imine (C=N–C) groups is 1. The van der Waals surface area contributed by atoms with Crippen LogP contribution in [0.3, 0.4) is 0 Å².